The lowest BCUT2D eigenvalue weighted by Crippen LogP contribution is -2.55. The van der Waals surface area contributed by atoms with E-state index in [1.54, 1.807) is 6.21 Å². The predicted molar refractivity (Wildman–Crippen MR) is 188 cm³/mol. The zero-order valence-electron chi connectivity index (χ0n) is 27.4. The average Bonchev–Trinajstić information content (AvgIpc) is 3.59. The molecule has 6 aliphatic carbocycles. The number of rotatable bonds is 4. The summed E-state index contributed by atoms with van der Waals surface area (Å²) in [5.41, 5.74) is 7.80. The molecule has 13 rings (SSSR count). The van der Waals surface area contributed by atoms with E-state index in [0.717, 1.165) is 55.1 Å². The second-order valence-electron chi connectivity index (χ2n) is 14.8. The summed E-state index contributed by atoms with van der Waals surface area (Å²) in [7, 11) is 0. The maximum absolute atomic E-state index is 14.7. The maximum Gasteiger partial charge on any atom is 0.254 e. The van der Waals surface area contributed by atoms with Gasteiger partial charge in [0.15, 0.2) is 0 Å². The molecule has 5 aromatic carbocycles. The molecule has 0 saturated carbocycles. The molecule has 0 radical (unpaired) electrons. The third-order valence-corrected chi connectivity index (χ3v) is 12.8. The SMILES string of the molecule is O=C1[C@@H]2C3c4ccccc4C(/C=N\N4C(=O)[C@@H]5C6c7ccccc7C(c7ccccc76)[C@H]5C4=O)(c4ccccc43)[C@@H]2C(=O)N1Cc1ccccc1. The van der Waals surface area contributed by atoms with Crippen LogP contribution in [0, 0.1) is 23.7 Å². The molecule has 2 aliphatic heterocycles. The van der Waals surface area contributed by atoms with Gasteiger partial charge in [-0.1, -0.05) is 127 Å². The molecule has 0 unspecified atom stereocenters. The van der Waals surface area contributed by atoms with Crippen LogP contribution in [-0.2, 0) is 31.1 Å². The summed E-state index contributed by atoms with van der Waals surface area (Å²) in [6, 6.07) is 41.8. The minimum Gasteiger partial charge on any atom is -0.278 e. The van der Waals surface area contributed by atoms with Gasteiger partial charge in [0, 0.05) is 24.0 Å². The molecule has 2 fully saturated rings. The standard InChI is InChI=1S/C44H31N3O4/c48-40-38-35-29-18-8-10-20-31(29)44(32-21-11-9-19-30(32)35,39(38)43(51)46(40)22-24-12-2-1-3-13-24)23-45-47-41(49)36-33-25-14-4-5-15-26(25)34(37(36)42(47)50)28-17-7-6-16-27(28)33/h1-21,23,33-39H,22H2/b45-23-/t33?,34?,35?,36-,37-,38-,39+,44?/m1/s1. The molecule has 0 spiro atoms. The van der Waals surface area contributed by atoms with Gasteiger partial charge in [-0.15, -0.1) is 0 Å². The number of imide groups is 2. The summed E-state index contributed by atoms with van der Waals surface area (Å²) < 4.78 is 0. The maximum atomic E-state index is 14.7. The Morgan fingerprint density at radius 3 is 1.43 bits per heavy atom. The molecule has 2 saturated heterocycles. The molecule has 7 heteroatoms. The highest BCUT2D eigenvalue weighted by molar-refractivity contribution is 6.12. The van der Waals surface area contributed by atoms with Gasteiger partial charge in [-0.2, -0.15) is 10.1 Å². The summed E-state index contributed by atoms with van der Waals surface area (Å²) in [4.78, 5) is 59.8. The summed E-state index contributed by atoms with van der Waals surface area (Å²) in [5.74, 6) is -4.50. The van der Waals surface area contributed by atoms with Crippen LogP contribution in [0.15, 0.2) is 132 Å². The monoisotopic (exact) mass is 665 g/mol. The Balaban J connectivity index is 1.07. The van der Waals surface area contributed by atoms with Gasteiger partial charge in [-0.3, -0.25) is 24.1 Å². The van der Waals surface area contributed by atoms with Gasteiger partial charge in [0.2, 0.25) is 11.8 Å². The Labute approximate surface area is 294 Å². The third-order valence-electron chi connectivity index (χ3n) is 12.8. The highest BCUT2D eigenvalue weighted by atomic mass is 16.2. The van der Waals surface area contributed by atoms with E-state index < -0.39 is 29.1 Å². The topological polar surface area (TPSA) is 87.1 Å². The second-order valence-corrected chi connectivity index (χ2v) is 14.8. The van der Waals surface area contributed by atoms with Gasteiger partial charge < -0.3 is 0 Å². The Morgan fingerprint density at radius 2 is 0.922 bits per heavy atom. The quantitative estimate of drug-likeness (QED) is 0.171. The van der Waals surface area contributed by atoms with E-state index in [4.69, 9.17) is 5.10 Å². The predicted octanol–water partition coefficient (Wildman–Crippen LogP) is 6.11. The van der Waals surface area contributed by atoms with Crippen LogP contribution in [0.4, 0.5) is 0 Å². The van der Waals surface area contributed by atoms with Crippen LogP contribution >= 0.6 is 0 Å². The lowest BCUT2D eigenvalue weighted by Gasteiger charge is -2.52. The number of benzene rings is 5. The molecular weight excluding hydrogens is 635 g/mol. The number of hydrogen-bond donors (Lipinski definition) is 0. The Kier molecular flexibility index (Phi) is 5.69. The highest BCUT2D eigenvalue weighted by Crippen LogP contribution is 2.64. The van der Waals surface area contributed by atoms with Crippen molar-refractivity contribution < 1.29 is 19.2 Å². The molecule has 2 heterocycles. The van der Waals surface area contributed by atoms with Crippen molar-refractivity contribution in [2.24, 2.45) is 28.8 Å². The van der Waals surface area contributed by atoms with Crippen LogP contribution in [0.25, 0.3) is 0 Å². The van der Waals surface area contributed by atoms with E-state index in [9.17, 15) is 19.2 Å². The van der Waals surface area contributed by atoms with Gasteiger partial charge in [0.25, 0.3) is 11.8 Å². The van der Waals surface area contributed by atoms with Gasteiger partial charge in [-0.25, -0.2) is 0 Å². The summed E-state index contributed by atoms with van der Waals surface area (Å²) >= 11 is 0. The number of likely N-dealkylation sites (tertiary alicyclic amines) is 1. The first-order chi connectivity index (χ1) is 25.0. The van der Waals surface area contributed by atoms with Gasteiger partial charge in [0.05, 0.1) is 35.6 Å². The molecule has 4 amide bonds. The summed E-state index contributed by atoms with van der Waals surface area (Å²) in [5, 5.41) is 5.97. The molecular formula is C44H31N3O4. The zero-order chi connectivity index (χ0) is 34.2. The smallest absolute Gasteiger partial charge is 0.254 e. The van der Waals surface area contributed by atoms with E-state index >= 15 is 0 Å². The largest absolute Gasteiger partial charge is 0.278 e. The van der Waals surface area contributed by atoms with Crippen molar-refractivity contribution in [3.05, 3.63) is 177 Å². The van der Waals surface area contributed by atoms with Gasteiger partial charge >= 0.3 is 0 Å². The first-order valence-corrected chi connectivity index (χ1v) is 17.7. The minimum atomic E-state index is -1.18. The van der Waals surface area contributed by atoms with E-state index in [1.165, 1.54) is 4.90 Å². The van der Waals surface area contributed by atoms with Crippen molar-refractivity contribution in [2.45, 2.75) is 29.7 Å². The van der Waals surface area contributed by atoms with Crippen LogP contribution in [0.5, 0.6) is 0 Å². The Bertz CT molecular complexity index is 2260. The normalized spacial score (nSPS) is 30.3. The van der Waals surface area contributed by atoms with E-state index in [1.807, 2.05) is 103 Å². The second kappa shape index (κ2) is 10.1. The highest BCUT2D eigenvalue weighted by Gasteiger charge is 2.68. The first kappa shape index (κ1) is 28.8. The van der Waals surface area contributed by atoms with Crippen molar-refractivity contribution in [1.29, 1.82) is 0 Å². The number of hydrazone groups is 1. The molecule has 7 nitrogen and oxygen atoms in total. The summed E-state index contributed by atoms with van der Waals surface area (Å²) in [6.45, 7) is 0.175. The number of carbonyl (C=O) groups excluding carboxylic acids is 4. The molecule has 4 atom stereocenters. The van der Waals surface area contributed by atoms with Crippen LogP contribution in [-0.4, -0.2) is 39.8 Å². The molecule has 0 aromatic heterocycles. The number of carbonyl (C=O) groups is 4. The van der Waals surface area contributed by atoms with Crippen molar-refractivity contribution in [3.63, 3.8) is 0 Å². The molecule has 0 N–H and O–H groups in total. The molecule has 51 heavy (non-hydrogen) atoms. The average molecular weight is 666 g/mol. The zero-order valence-corrected chi connectivity index (χ0v) is 27.4. The Hall–Kier alpha value is -5.95. The van der Waals surface area contributed by atoms with Crippen molar-refractivity contribution in [3.8, 4) is 0 Å². The van der Waals surface area contributed by atoms with Crippen LogP contribution in [0.3, 0.4) is 0 Å². The first-order valence-electron chi connectivity index (χ1n) is 17.7. The molecule has 4 bridgehead atoms. The fourth-order valence-electron chi connectivity index (χ4n) is 11.0. The van der Waals surface area contributed by atoms with Gasteiger partial charge in [0.1, 0.15) is 0 Å². The van der Waals surface area contributed by atoms with Crippen LogP contribution < -0.4 is 0 Å². The molecule has 8 aliphatic rings. The lowest BCUT2D eigenvalue weighted by atomic mass is 9.47. The Morgan fingerprint density at radius 1 is 0.490 bits per heavy atom. The van der Waals surface area contributed by atoms with Crippen molar-refractivity contribution >= 4 is 29.8 Å². The number of amides is 4. The van der Waals surface area contributed by atoms with Gasteiger partial charge in [-0.05, 0) is 50.1 Å². The summed E-state index contributed by atoms with van der Waals surface area (Å²) in [6.07, 6.45) is 1.67. The van der Waals surface area contributed by atoms with Crippen LogP contribution in [0.1, 0.15) is 67.8 Å². The van der Waals surface area contributed by atoms with E-state index in [0.29, 0.717) is 0 Å². The lowest BCUT2D eigenvalue weighted by molar-refractivity contribution is -0.141. The van der Waals surface area contributed by atoms with Crippen molar-refractivity contribution in [1.82, 2.24) is 9.91 Å². The molecule has 5 aromatic rings. The number of nitrogens with zero attached hydrogens (tertiary/aromatic N) is 3. The fourth-order valence-corrected chi connectivity index (χ4v) is 11.0. The number of hydrogen-bond acceptors (Lipinski definition) is 5. The molecule has 246 valence electrons. The van der Waals surface area contributed by atoms with Crippen molar-refractivity contribution in [2.75, 3.05) is 0 Å². The van der Waals surface area contributed by atoms with E-state index in [-0.39, 0.29) is 47.9 Å². The minimum absolute atomic E-state index is 0.175. The van der Waals surface area contributed by atoms with Crippen LogP contribution in [0.2, 0.25) is 0 Å². The fraction of sp³-hybridized carbons (Fsp3) is 0.205. The third kappa shape index (κ3) is 3.46. The van der Waals surface area contributed by atoms with E-state index in [2.05, 4.69) is 24.3 Å².